The van der Waals surface area contributed by atoms with E-state index in [4.69, 9.17) is 28.2 Å². The van der Waals surface area contributed by atoms with E-state index in [2.05, 4.69) is 66.4 Å². The van der Waals surface area contributed by atoms with Crippen LogP contribution in [0.2, 0.25) is 10.0 Å². The third-order valence-electron chi connectivity index (χ3n) is 14.4. The molecular formula is C53H64Cl2N14O5S. The van der Waals surface area contributed by atoms with Gasteiger partial charge in [-0.3, -0.25) is 13.8 Å². The van der Waals surface area contributed by atoms with Crippen molar-refractivity contribution in [2.75, 3.05) is 48.0 Å². The number of carbonyl (C=O) groups is 2. The van der Waals surface area contributed by atoms with Gasteiger partial charge in [0.25, 0.3) is 11.8 Å². The maximum Gasteiger partial charge on any atom is 0.256 e. The highest BCUT2D eigenvalue weighted by molar-refractivity contribution is 7.84. The Kier molecular flexibility index (Phi) is 19.4. The third-order valence-corrected chi connectivity index (χ3v) is 15.9. The molecule has 2 aliphatic carbocycles. The van der Waals surface area contributed by atoms with Crippen LogP contribution in [0.15, 0.2) is 90.9 Å². The molecule has 2 amide bonds. The summed E-state index contributed by atoms with van der Waals surface area (Å²) in [5, 5.41) is 35.0. The van der Waals surface area contributed by atoms with Crippen molar-refractivity contribution in [3.8, 4) is 0 Å². The second-order valence-corrected chi connectivity index (χ2v) is 21.4. The highest BCUT2D eigenvalue weighted by Crippen LogP contribution is 2.49. The summed E-state index contributed by atoms with van der Waals surface area (Å²) in [6, 6.07) is 14.1. The van der Waals surface area contributed by atoms with Crippen molar-refractivity contribution in [1.82, 2.24) is 55.8 Å². The second-order valence-electron chi connectivity index (χ2n) is 19.3. The zero-order chi connectivity index (χ0) is 52.6. The Morgan fingerprint density at radius 2 is 1.11 bits per heavy atom. The van der Waals surface area contributed by atoms with E-state index in [1.54, 1.807) is 73.4 Å². The molecule has 2 saturated heterocycles. The van der Waals surface area contributed by atoms with Crippen molar-refractivity contribution in [1.29, 1.82) is 0 Å². The average Bonchev–Trinajstić information content (AvgIpc) is 3.43. The van der Waals surface area contributed by atoms with Crippen LogP contribution in [-0.2, 0) is 50.2 Å². The third kappa shape index (κ3) is 15.0. The van der Waals surface area contributed by atoms with Crippen molar-refractivity contribution >= 4 is 63.4 Å². The number of carbonyl (C=O) groups excluding carboxylic acids is 2. The molecule has 10 rings (SSSR count). The van der Waals surface area contributed by atoms with Crippen molar-refractivity contribution in [3.63, 3.8) is 0 Å². The van der Waals surface area contributed by atoms with Gasteiger partial charge in [-0.2, -0.15) is 4.98 Å². The molecule has 2 spiro atoms. The van der Waals surface area contributed by atoms with E-state index < -0.39 is 16.7 Å². The minimum absolute atomic E-state index is 0.106. The molecular weight excluding hydrogens is 1020 g/mol. The molecule has 2 aromatic carbocycles. The molecule has 1 unspecified atom stereocenters. The Bertz CT molecular complexity index is 2880. The van der Waals surface area contributed by atoms with E-state index in [1.807, 2.05) is 6.07 Å². The fraction of sp³-hybridized carbons (Fsp3) is 0.434. The van der Waals surface area contributed by atoms with Gasteiger partial charge in [0, 0.05) is 79.7 Å². The summed E-state index contributed by atoms with van der Waals surface area (Å²) in [5.41, 5.74) is 4.92. The van der Waals surface area contributed by atoms with Crippen LogP contribution >= 0.6 is 23.2 Å². The summed E-state index contributed by atoms with van der Waals surface area (Å²) in [6.45, 7) is 5.19. The largest absolute Gasteiger partial charge is 0.392 e. The van der Waals surface area contributed by atoms with Crippen LogP contribution < -0.4 is 31.5 Å². The van der Waals surface area contributed by atoms with Gasteiger partial charge >= 0.3 is 0 Å². The van der Waals surface area contributed by atoms with Crippen molar-refractivity contribution < 1.29 is 24.0 Å². The van der Waals surface area contributed by atoms with E-state index in [-0.39, 0.29) is 48.7 Å². The second kappa shape index (κ2) is 26.5. The van der Waals surface area contributed by atoms with Gasteiger partial charge in [-0.1, -0.05) is 60.3 Å². The Hall–Kier alpha value is -6.29. The van der Waals surface area contributed by atoms with Crippen molar-refractivity contribution in [2.45, 2.75) is 109 Å². The zero-order valence-corrected chi connectivity index (χ0v) is 44.4. The van der Waals surface area contributed by atoms with E-state index in [0.717, 1.165) is 42.5 Å². The first-order valence-corrected chi connectivity index (χ1v) is 27.6. The molecule has 22 heteroatoms. The fourth-order valence-corrected chi connectivity index (χ4v) is 10.5. The van der Waals surface area contributed by atoms with E-state index in [0.29, 0.717) is 68.7 Å². The molecule has 6 heterocycles. The first-order valence-electron chi connectivity index (χ1n) is 25.3. The monoisotopic (exact) mass is 1080 g/mol. The number of benzene rings is 2. The molecule has 75 heavy (non-hydrogen) atoms. The molecule has 1 atom stereocenters. The van der Waals surface area contributed by atoms with Crippen LogP contribution in [0.5, 0.6) is 0 Å². The predicted molar refractivity (Wildman–Crippen MR) is 288 cm³/mol. The maximum atomic E-state index is 13.1. The maximum absolute atomic E-state index is 13.1. The number of amides is 2. The molecule has 2 aliphatic heterocycles. The summed E-state index contributed by atoms with van der Waals surface area (Å²) in [6.07, 6.45) is 24.6. The van der Waals surface area contributed by atoms with Crippen LogP contribution in [0.4, 0.5) is 17.6 Å². The normalized spacial score (nSPS) is 16.4. The number of halogens is 2. The van der Waals surface area contributed by atoms with Gasteiger partial charge in [-0.05, 0) is 122 Å². The number of aliphatic hydroxyl groups is 2. The highest BCUT2D eigenvalue weighted by Gasteiger charge is 2.40. The number of hydrogen-bond acceptors (Lipinski definition) is 17. The lowest BCUT2D eigenvalue weighted by Gasteiger charge is -2.48. The van der Waals surface area contributed by atoms with Crippen LogP contribution in [-0.4, -0.2) is 98.5 Å². The average molecular weight is 1080 g/mol. The van der Waals surface area contributed by atoms with E-state index in [9.17, 15) is 24.0 Å². The van der Waals surface area contributed by atoms with Gasteiger partial charge in [-0.15, -0.1) is 0 Å². The van der Waals surface area contributed by atoms with Crippen molar-refractivity contribution in [3.05, 3.63) is 141 Å². The number of anilines is 3. The fourth-order valence-electron chi connectivity index (χ4n) is 9.50. The standard InChI is InChI=1S/C26H30ClN7O2.C19H19ClN6O3S.C8H15N/c27-21-13-18(3-4-19(21)17-35)14-30-23-20(24(36)31-16-22-28-9-2-10-29-22)15-32-25(33-23)34-11-7-26(8-12-34)5-1-6-26;1-30(29)19-25-9-14(18(28)24-10-16-21-5-2-6-22-16)17(26-19)23-8-12-3-4-13(11-27)15(20)7-12;1-2-8(3-1)4-6-9-7-5-8/h2-4,9-10,13,15,35H,1,5-8,11-12,14,16-17H2,(H,31,36)(H,30,32,33);2-7,9,27H,8,10-11H2,1H3,(H,24,28)(H,23,25,26);9H,1-7H2. The molecule has 4 fully saturated rings. The highest BCUT2D eigenvalue weighted by atomic mass is 35.5. The summed E-state index contributed by atoms with van der Waals surface area (Å²) in [7, 11) is -1.41. The first kappa shape index (κ1) is 55.0. The lowest BCUT2D eigenvalue weighted by molar-refractivity contribution is 0.0864. The Morgan fingerprint density at radius 3 is 1.53 bits per heavy atom. The zero-order valence-electron chi connectivity index (χ0n) is 42.0. The summed E-state index contributed by atoms with van der Waals surface area (Å²) >= 11 is 12.4. The predicted octanol–water partition coefficient (Wildman–Crippen LogP) is 6.96. The number of hydrogen-bond donors (Lipinski definition) is 7. The molecule has 7 N–H and O–H groups in total. The quantitative estimate of drug-likeness (QED) is 0.0484. The van der Waals surface area contributed by atoms with Crippen LogP contribution in [0.25, 0.3) is 0 Å². The molecule has 4 aromatic heterocycles. The number of aliphatic hydroxyl groups excluding tert-OH is 2. The lowest BCUT2D eigenvalue weighted by Crippen LogP contribution is -2.44. The number of aromatic nitrogens is 8. The lowest BCUT2D eigenvalue weighted by atomic mass is 9.63. The van der Waals surface area contributed by atoms with Crippen LogP contribution in [0, 0.1) is 10.8 Å². The van der Waals surface area contributed by atoms with Gasteiger partial charge in [0.2, 0.25) is 11.1 Å². The smallest absolute Gasteiger partial charge is 0.256 e. The molecule has 4 aliphatic rings. The number of nitrogens with zero attached hydrogens (tertiary/aromatic N) is 9. The van der Waals surface area contributed by atoms with E-state index in [1.165, 1.54) is 76.9 Å². The summed E-state index contributed by atoms with van der Waals surface area (Å²) in [5.74, 6) is 1.58. The van der Waals surface area contributed by atoms with Gasteiger partial charge < -0.3 is 41.7 Å². The van der Waals surface area contributed by atoms with Crippen LogP contribution in [0.1, 0.15) is 119 Å². The molecule has 0 bridgehead atoms. The molecule has 2 saturated carbocycles. The van der Waals surface area contributed by atoms with E-state index >= 15 is 0 Å². The Morgan fingerprint density at radius 1 is 0.640 bits per heavy atom. The summed E-state index contributed by atoms with van der Waals surface area (Å²) in [4.78, 5) is 61.9. The SMILES string of the molecule is C1CC2(C1)CCNCC2.CS(=O)c1ncc(C(=O)NCc2ncccn2)c(NCc2ccc(CO)c(Cl)c2)n1.O=C(NCc1ncccn1)c1cnc(N2CCC3(CCC3)CC2)nc1NCc1ccc(CO)c(Cl)c1. The Labute approximate surface area is 449 Å². The number of rotatable bonds is 16. The minimum Gasteiger partial charge on any atom is -0.392 e. The van der Waals surface area contributed by atoms with Gasteiger partial charge in [-0.25, -0.2) is 34.9 Å². The summed E-state index contributed by atoms with van der Waals surface area (Å²) < 4.78 is 11.8. The molecule has 19 nitrogen and oxygen atoms in total. The van der Waals surface area contributed by atoms with Gasteiger partial charge in [0.1, 0.15) is 34.4 Å². The topological polar surface area (TPSA) is 258 Å². The van der Waals surface area contributed by atoms with Crippen molar-refractivity contribution in [2.24, 2.45) is 10.8 Å². The number of nitrogens with one attached hydrogen (secondary N) is 5. The minimum atomic E-state index is -1.41. The molecule has 396 valence electrons. The number of piperidine rings is 2. The molecule has 0 radical (unpaired) electrons. The van der Waals surface area contributed by atoms with Gasteiger partial charge in [0.05, 0.1) is 37.1 Å². The molecule has 6 aromatic rings. The van der Waals surface area contributed by atoms with Gasteiger partial charge in [0.15, 0.2) is 0 Å². The van der Waals surface area contributed by atoms with Crippen LogP contribution in [0.3, 0.4) is 0 Å². The first-order chi connectivity index (χ1) is 36.4. The Balaban J connectivity index is 0.000000172.